The molecule has 3 N–H and O–H groups in total. The molecule has 0 bridgehead atoms. The van der Waals surface area contributed by atoms with Gasteiger partial charge in [0, 0.05) is 24.0 Å². The van der Waals surface area contributed by atoms with Crippen molar-refractivity contribution in [2.75, 3.05) is 7.05 Å². The summed E-state index contributed by atoms with van der Waals surface area (Å²) in [6.45, 7) is 4.78. The van der Waals surface area contributed by atoms with E-state index >= 15 is 0 Å². The zero-order valence-electron chi connectivity index (χ0n) is 11.0. The highest BCUT2D eigenvalue weighted by Gasteiger charge is 2.13. The number of hydrogen-bond acceptors (Lipinski definition) is 3. The van der Waals surface area contributed by atoms with E-state index in [4.69, 9.17) is 22.5 Å². The zero-order chi connectivity index (χ0) is 13.7. The zero-order valence-corrected chi connectivity index (χ0v) is 11.8. The van der Waals surface area contributed by atoms with E-state index in [-0.39, 0.29) is 11.9 Å². The van der Waals surface area contributed by atoms with E-state index in [1.165, 1.54) is 0 Å². The lowest BCUT2D eigenvalue weighted by molar-refractivity contribution is 0.251. The van der Waals surface area contributed by atoms with E-state index in [9.17, 15) is 0 Å². The highest BCUT2D eigenvalue weighted by Crippen LogP contribution is 2.20. The van der Waals surface area contributed by atoms with Gasteiger partial charge in [-0.15, -0.1) is 0 Å². The standard InChI is InChI=1S/C13H20ClN3O/c1-9-4-5-11(12(14)6-9)8-17(3)10(2)7-13(15)16-18/h4-6,10,18H,7-8H2,1-3H3,(H2,15,16). The number of hydrogen-bond donors (Lipinski definition) is 2. The molecule has 1 unspecified atom stereocenters. The molecule has 0 saturated heterocycles. The van der Waals surface area contributed by atoms with Crippen molar-refractivity contribution in [2.24, 2.45) is 10.9 Å². The summed E-state index contributed by atoms with van der Waals surface area (Å²) in [4.78, 5) is 2.12. The van der Waals surface area contributed by atoms with Crippen LogP contribution in [0.5, 0.6) is 0 Å². The minimum atomic E-state index is 0.179. The fraction of sp³-hybridized carbons (Fsp3) is 0.462. The second kappa shape index (κ2) is 6.61. The van der Waals surface area contributed by atoms with Crippen LogP contribution < -0.4 is 5.73 Å². The minimum Gasteiger partial charge on any atom is -0.409 e. The Bertz CT molecular complexity index is 434. The van der Waals surface area contributed by atoms with Gasteiger partial charge < -0.3 is 10.9 Å². The Kier molecular flexibility index (Phi) is 5.44. The molecular weight excluding hydrogens is 250 g/mol. The molecule has 0 radical (unpaired) electrons. The number of amidine groups is 1. The molecule has 0 aromatic heterocycles. The van der Waals surface area contributed by atoms with E-state index in [0.717, 1.165) is 22.7 Å². The normalized spacial score (nSPS) is 13.9. The van der Waals surface area contributed by atoms with E-state index < -0.39 is 0 Å². The molecule has 0 amide bonds. The Morgan fingerprint density at radius 1 is 1.56 bits per heavy atom. The maximum absolute atomic E-state index is 8.55. The monoisotopic (exact) mass is 269 g/mol. The third-order valence-electron chi connectivity index (χ3n) is 3.01. The van der Waals surface area contributed by atoms with Crippen LogP contribution in [-0.2, 0) is 6.54 Å². The molecule has 1 atom stereocenters. The second-order valence-corrected chi connectivity index (χ2v) is 5.06. The van der Waals surface area contributed by atoms with Crippen molar-refractivity contribution >= 4 is 17.4 Å². The summed E-state index contributed by atoms with van der Waals surface area (Å²) in [7, 11) is 1.99. The summed E-state index contributed by atoms with van der Waals surface area (Å²) in [5.74, 6) is 0.240. The molecule has 0 spiro atoms. The van der Waals surface area contributed by atoms with Crippen LogP contribution in [0, 0.1) is 6.92 Å². The van der Waals surface area contributed by atoms with Crippen LogP contribution >= 0.6 is 11.6 Å². The first-order valence-corrected chi connectivity index (χ1v) is 6.23. The Morgan fingerprint density at radius 2 is 2.22 bits per heavy atom. The minimum absolute atomic E-state index is 0.179. The van der Waals surface area contributed by atoms with Gasteiger partial charge in [-0.2, -0.15) is 0 Å². The number of nitrogens with zero attached hydrogens (tertiary/aromatic N) is 2. The first-order valence-electron chi connectivity index (χ1n) is 5.85. The van der Waals surface area contributed by atoms with Crippen LogP contribution in [0.3, 0.4) is 0 Å². The number of benzene rings is 1. The van der Waals surface area contributed by atoms with Gasteiger partial charge in [0.05, 0.1) is 0 Å². The average molecular weight is 270 g/mol. The summed E-state index contributed by atoms with van der Waals surface area (Å²) in [5, 5.41) is 12.3. The van der Waals surface area contributed by atoms with Gasteiger partial charge >= 0.3 is 0 Å². The summed E-state index contributed by atoms with van der Waals surface area (Å²) in [5.41, 5.74) is 7.73. The van der Waals surface area contributed by atoms with Crippen LogP contribution in [0.1, 0.15) is 24.5 Å². The molecule has 1 rings (SSSR count). The number of rotatable bonds is 5. The van der Waals surface area contributed by atoms with Gasteiger partial charge in [-0.25, -0.2) is 0 Å². The van der Waals surface area contributed by atoms with Crippen LogP contribution in [0.2, 0.25) is 5.02 Å². The van der Waals surface area contributed by atoms with Crippen molar-refractivity contribution in [3.05, 3.63) is 34.3 Å². The summed E-state index contributed by atoms with van der Waals surface area (Å²) < 4.78 is 0. The molecule has 18 heavy (non-hydrogen) atoms. The van der Waals surface area contributed by atoms with E-state index in [1.807, 2.05) is 39.1 Å². The van der Waals surface area contributed by atoms with Gasteiger partial charge in [0.25, 0.3) is 0 Å². The van der Waals surface area contributed by atoms with Gasteiger partial charge in [-0.1, -0.05) is 28.9 Å². The maximum atomic E-state index is 8.55. The molecule has 0 saturated carbocycles. The van der Waals surface area contributed by atoms with E-state index in [0.29, 0.717) is 6.42 Å². The van der Waals surface area contributed by atoms with Gasteiger partial charge in [0.15, 0.2) is 0 Å². The Labute approximate surface area is 113 Å². The van der Waals surface area contributed by atoms with Crippen LogP contribution in [0.15, 0.2) is 23.4 Å². The first-order chi connectivity index (χ1) is 8.43. The Balaban J connectivity index is 2.66. The largest absolute Gasteiger partial charge is 0.409 e. The second-order valence-electron chi connectivity index (χ2n) is 4.65. The Morgan fingerprint density at radius 3 is 2.78 bits per heavy atom. The number of halogens is 1. The van der Waals surface area contributed by atoms with Gasteiger partial charge in [-0.3, -0.25) is 4.90 Å². The smallest absolute Gasteiger partial charge is 0.140 e. The van der Waals surface area contributed by atoms with Crippen molar-refractivity contribution in [2.45, 2.75) is 32.9 Å². The average Bonchev–Trinajstić information content (AvgIpc) is 2.32. The highest BCUT2D eigenvalue weighted by molar-refractivity contribution is 6.31. The van der Waals surface area contributed by atoms with E-state index in [2.05, 4.69) is 10.1 Å². The topological polar surface area (TPSA) is 61.8 Å². The molecule has 100 valence electrons. The SMILES string of the molecule is Cc1ccc(CN(C)C(C)C/C(N)=N/O)c(Cl)c1. The lowest BCUT2D eigenvalue weighted by Gasteiger charge is -2.24. The molecule has 0 fully saturated rings. The summed E-state index contributed by atoms with van der Waals surface area (Å²) >= 11 is 6.20. The molecule has 1 aromatic carbocycles. The third kappa shape index (κ3) is 4.20. The fourth-order valence-electron chi connectivity index (χ4n) is 1.70. The molecule has 0 aliphatic rings. The highest BCUT2D eigenvalue weighted by atomic mass is 35.5. The predicted octanol–water partition coefficient (Wildman–Crippen LogP) is 2.61. The molecule has 0 aliphatic carbocycles. The fourth-order valence-corrected chi connectivity index (χ4v) is 2.00. The first kappa shape index (κ1) is 14.8. The Hall–Kier alpha value is -1.26. The van der Waals surface area contributed by atoms with Gasteiger partial charge in [-0.05, 0) is 38.1 Å². The molecule has 1 aromatic rings. The van der Waals surface area contributed by atoms with Crippen molar-refractivity contribution in [3.63, 3.8) is 0 Å². The van der Waals surface area contributed by atoms with Gasteiger partial charge in [0.1, 0.15) is 5.84 Å². The molecular formula is C13H20ClN3O. The number of aryl methyl sites for hydroxylation is 1. The van der Waals surface area contributed by atoms with Crippen LogP contribution in [-0.4, -0.2) is 29.0 Å². The third-order valence-corrected chi connectivity index (χ3v) is 3.37. The van der Waals surface area contributed by atoms with Crippen molar-refractivity contribution in [3.8, 4) is 0 Å². The predicted molar refractivity (Wildman–Crippen MR) is 75.1 cm³/mol. The molecule has 5 heteroatoms. The maximum Gasteiger partial charge on any atom is 0.140 e. The molecule has 0 heterocycles. The number of oxime groups is 1. The molecule has 0 aliphatic heterocycles. The van der Waals surface area contributed by atoms with Crippen LogP contribution in [0.25, 0.3) is 0 Å². The van der Waals surface area contributed by atoms with Crippen molar-refractivity contribution in [1.29, 1.82) is 0 Å². The summed E-state index contributed by atoms with van der Waals surface area (Å²) in [6, 6.07) is 6.21. The van der Waals surface area contributed by atoms with Gasteiger partial charge in [0.2, 0.25) is 0 Å². The van der Waals surface area contributed by atoms with E-state index in [1.54, 1.807) is 0 Å². The van der Waals surface area contributed by atoms with Crippen molar-refractivity contribution < 1.29 is 5.21 Å². The molecule has 4 nitrogen and oxygen atoms in total. The number of nitrogens with two attached hydrogens (primary N) is 1. The van der Waals surface area contributed by atoms with Crippen LogP contribution in [0.4, 0.5) is 0 Å². The van der Waals surface area contributed by atoms with Crippen molar-refractivity contribution in [1.82, 2.24) is 4.90 Å². The lowest BCUT2D eigenvalue weighted by atomic mass is 10.1. The lowest BCUT2D eigenvalue weighted by Crippen LogP contribution is -2.32. The quantitative estimate of drug-likeness (QED) is 0.374. The summed E-state index contributed by atoms with van der Waals surface area (Å²) in [6.07, 6.45) is 0.524.